The summed E-state index contributed by atoms with van der Waals surface area (Å²) in [6.07, 6.45) is -1.75. The molecule has 0 saturated heterocycles. The van der Waals surface area contributed by atoms with E-state index in [0.29, 0.717) is 0 Å². The van der Waals surface area contributed by atoms with E-state index < -0.39 is 26.3 Å². The number of hydrogen-bond acceptors (Lipinski definition) is 12. The van der Waals surface area contributed by atoms with Crippen molar-refractivity contribution in [3.05, 3.63) is 0 Å². The molecule has 0 unspecified atom stereocenters. The van der Waals surface area contributed by atoms with E-state index in [-0.39, 0.29) is 37.7 Å². The second-order valence-corrected chi connectivity index (χ2v) is 4.34. The lowest BCUT2D eigenvalue weighted by molar-refractivity contribution is -0.378. The third-order valence-electron chi connectivity index (χ3n) is 2.79. The van der Waals surface area contributed by atoms with Crippen LogP contribution < -0.4 is 15.5 Å². The molecule has 1 aromatic rings. The van der Waals surface area contributed by atoms with E-state index in [1.165, 1.54) is 0 Å². The summed E-state index contributed by atoms with van der Waals surface area (Å²) in [6.45, 7) is 4.47. The molecule has 0 radical (unpaired) electrons. The molecule has 0 saturated carbocycles. The number of aliphatic hydroxyl groups excluding tert-OH is 3. The number of aliphatic hydroxyl groups is 3. The van der Waals surface area contributed by atoms with Crippen LogP contribution in [0, 0.1) is 0 Å². The molecule has 0 atom stereocenters. The molecule has 1 aromatic heterocycles. The van der Waals surface area contributed by atoms with E-state index in [0.717, 1.165) is 4.90 Å². The summed E-state index contributed by atoms with van der Waals surface area (Å²) in [5, 5.41) is 33.0. The molecular formula is C13H26N6O6. The van der Waals surface area contributed by atoms with Gasteiger partial charge in [-0.2, -0.15) is 15.0 Å². The number of ether oxygens (including phenoxy) is 3. The first-order valence-corrected chi connectivity index (χ1v) is 7.86. The first kappa shape index (κ1) is 21.2. The largest absolute Gasteiger partial charge is 0.381 e. The van der Waals surface area contributed by atoms with Crippen LogP contribution in [-0.4, -0.2) is 76.4 Å². The van der Waals surface area contributed by atoms with Crippen LogP contribution in [0.3, 0.4) is 0 Å². The summed E-state index contributed by atoms with van der Waals surface area (Å²) in [5.74, 6) is -0.0275. The van der Waals surface area contributed by atoms with Crippen LogP contribution in [0.5, 0.6) is 0 Å². The van der Waals surface area contributed by atoms with Crippen molar-refractivity contribution in [2.75, 3.05) is 55.5 Å². The lowest BCUT2D eigenvalue weighted by Crippen LogP contribution is -2.56. The average Bonchev–Trinajstić information content (AvgIpc) is 2.57. The molecule has 0 fully saturated rings. The Hall–Kier alpha value is -1.83. The van der Waals surface area contributed by atoms with Crippen LogP contribution in [-0.2, 0) is 14.2 Å². The highest BCUT2D eigenvalue weighted by atomic mass is 16.9. The van der Waals surface area contributed by atoms with Gasteiger partial charge in [-0.15, -0.1) is 0 Å². The van der Waals surface area contributed by atoms with E-state index in [1.54, 1.807) is 20.8 Å². The van der Waals surface area contributed by atoms with Crippen molar-refractivity contribution in [3.8, 4) is 0 Å². The van der Waals surface area contributed by atoms with Gasteiger partial charge in [-0.3, -0.25) is 0 Å². The molecule has 0 aliphatic carbocycles. The van der Waals surface area contributed by atoms with Gasteiger partial charge in [0.15, 0.2) is 0 Å². The summed E-state index contributed by atoms with van der Waals surface area (Å²) >= 11 is 0. The van der Waals surface area contributed by atoms with Gasteiger partial charge in [0.2, 0.25) is 17.8 Å². The number of aromatic nitrogens is 3. The fourth-order valence-electron chi connectivity index (χ4n) is 1.96. The van der Waals surface area contributed by atoms with Crippen LogP contribution in [0.1, 0.15) is 20.8 Å². The minimum atomic E-state index is -1.75. The SMILES string of the molecule is CCOC(OCC)(OCC)N(CO)c1nc(NCO)nc(NCO)n1. The molecule has 0 spiro atoms. The third-order valence-corrected chi connectivity index (χ3v) is 2.79. The van der Waals surface area contributed by atoms with E-state index in [9.17, 15) is 5.11 Å². The molecule has 1 rings (SSSR count). The van der Waals surface area contributed by atoms with Gasteiger partial charge in [-0.25, -0.2) is 4.90 Å². The first-order valence-electron chi connectivity index (χ1n) is 7.86. The minimum Gasteiger partial charge on any atom is -0.376 e. The standard InChI is InChI=1S/C13H26N6O6/c1-4-23-13(24-5-2,25-6-3)19(9-22)12-17-10(14-7-20)16-11(18-12)15-8-21/h20-22H,4-9H2,1-3H3,(H2,14,15,16,17,18). The molecule has 0 amide bonds. The van der Waals surface area contributed by atoms with Gasteiger partial charge < -0.3 is 40.2 Å². The average molecular weight is 362 g/mol. The Balaban J connectivity index is 3.36. The third kappa shape index (κ3) is 5.59. The normalized spacial score (nSPS) is 11.4. The van der Waals surface area contributed by atoms with E-state index >= 15 is 0 Å². The van der Waals surface area contributed by atoms with Crippen LogP contribution in [0.15, 0.2) is 0 Å². The summed E-state index contributed by atoms with van der Waals surface area (Å²) in [5.41, 5.74) is 0. The molecule has 5 N–H and O–H groups in total. The van der Waals surface area contributed by atoms with Gasteiger partial charge in [0.1, 0.15) is 20.2 Å². The molecule has 0 aliphatic heterocycles. The van der Waals surface area contributed by atoms with Crippen molar-refractivity contribution in [2.45, 2.75) is 26.9 Å². The fourth-order valence-corrected chi connectivity index (χ4v) is 1.96. The molecule has 144 valence electrons. The number of nitrogens with one attached hydrogen (secondary N) is 2. The zero-order chi connectivity index (χ0) is 18.7. The highest BCUT2D eigenvalue weighted by Crippen LogP contribution is 2.26. The zero-order valence-electron chi connectivity index (χ0n) is 14.6. The molecular weight excluding hydrogens is 336 g/mol. The van der Waals surface area contributed by atoms with Crippen molar-refractivity contribution in [1.82, 2.24) is 15.0 Å². The summed E-state index contributed by atoms with van der Waals surface area (Å²) < 4.78 is 16.8. The Kier molecular flexibility index (Phi) is 9.26. The summed E-state index contributed by atoms with van der Waals surface area (Å²) in [7, 11) is 0. The molecule has 12 nitrogen and oxygen atoms in total. The number of nitrogens with zero attached hydrogens (tertiary/aromatic N) is 4. The molecule has 25 heavy (non-hydrogen) atoms. The highest BCUT2D eigenvalue weighted by molar-refractivity contribution is 5.43. The minimum absolute atomic E-state index is 0.0142. The second-order valence-electron chi connectivity index (χ2n) is 4.34. The van der Waals surface area contributed by atoms with Crippen LogP contribution in [0.25, 0.3) is 0 Å². The number of rotatable bonds is 13. The van der Waals surface area contributed by atoms with Gasteiger partial charge >= 0.3 is 6.10 Å². The maximum Gasteiger partial charge on any atom is 0.381 e. The monoisotopic (exact) mass is 362 g/mol. The summed E-state index contributed by atoms with van der Waals surface area (Å²) in [6, 6.07) is 0. The summed E-state index contributed by atoms with van der Waals surface area (Å²) in [4.78, 5) is 13.3. The lowest BCUT2D eigenvalue weighted by Gasteiger charge is -2.39. The number of hydrogen-bond donors (Lipinski definition) is 5. The second kappa shape index (κ2) is 10.9. The topological polar surface area (TPSA) is 154 Å². The Morgan fingerprint density at radius 2 is 1.28 bits per heavy atom. The Bertz CT molecular complexity index is 467. The van der Waals surface area contributed by atoms with Crippen molar-refractivity contribution in [1.29, 1.82) is 0 Å². The van der Waals surface area contributed by atoms with Gasteiger partial charge in [0.05, 0.1) is 19.8 Å². The van der Waals surface area contributed by atoms with E-state index in [4.69, 9.17) is 24.4 Å². The van der Waals surface area contributed by atoms with Crippen molar-refractivity contribution in [2.24, 2.45) is 0 Å². The smallest absolute Gasteiger partial charge is 0.376 e. The van der Waals surface area contributed by atoms with Crippen LogP contribution >= 0.6 is 0 Å². The van der Waals surface area contributed by atoms with Crippen molar-refractivity contribution in [3.63, 3.8) is 0 Å². The Morgan fingerprint density at radius 1 is 0.840 bits per heavy atom. The van der Waals surface area contributed by atoms with Gasteiger partial charge in [-0.1, -0.05) is 0 Å². The maximum absolute atomic E-state index is 9.88. The molecule has 0 bridgehead atoms. The van der Waals surface area contributed by atoms with E-state index in [2.05, 4.69) is 25.6 Å². The maximum atomic E-state index is 9.88. The molecule has 1 heterocycles. The molecule has 0 aliphatic rings. The van der Waals surface area contributed by atoms with E-state index in [1.807, 2.05) is 0 Å². The van der Waals surface area contributed by atoms with Crippen molar-refractivity contribution >= 4 is 17.8 Å². The fraction of sp³-hybridized carbons (Fsp3) is 0.769. The highest BCUT2D eigenvalue weighted by Gasteiger charge is 2.42. The predicted octanol–water partition coefficient (Wildman–Crippen LogP) is -0.928. The quantitative estimate of drug-likeness (QED) is 0.275. The Labute approximate surface area is 145 Å². The Morgan fingerprint density at radius 3 is 1.60 bits per heavy atom. The van der Waals surface area contributed by atoms with Gasteiger partial charge in [-0.05, 0) is 20.8 Å². The van der Waals surface area contributed by atoms with Crippen LogP contribution in [0.2, 0.25) is 0 Å². The van der Waals surface area contributed by atoms with Crippen LogP contribution in [0.4, 0.5) is 17.8 Å². The van der Waals surface area contributed by atoms with Gasteiger partial charge in [0, 0.05) is 0 Å². The van der Waals surface area contributed by atoms with Gasteiger partial charge in [0.25, 0.3) is 0 Å². The number of anilines is 3. The molecule has 12 heteroatoms. The lowest BCUT2D eigenvalue weighted by atomic mass is 10.6. The molecule has 0 aromatic carbocycles. The first-order chi connectivity index (χ1) is 12.1. The predicted molar refractivity (Wildman–Crippen MR) is 88.4 cm³/mol. The van der Waals surface area contributed by atoms with Crippen molar-refractivity contribution < 1.29 is 29.5 Å². The zero-order valence-corrected chi connectivity index (χ0v) is 14.6.